The number of aromatic amines is 1. The molecule has 1 aromatic heterocycles. The zero-order chi connectivity index (χ0) is 14.3. The molecule has 0 radical (unpaired) electrons. The van der Waals surface area contributed by atoms with E-state index < -0.39 is 0 Å². The van der Waals surface area contributed by atoms with Crippen molar-refractivity contribution in [3.8, 4) is 0 Å². The van der Waals surface area contributed by atoms with E-state index in [0.717, 1.165) is 40.5 Å². The summed E-state index contributed by atoms with van der Waals surface area (Å²) in [6, 6.07) is 5.93. The molecule has 1 aromatic carbocycles. The number of benzene rings is 1. The molecule has 2 heterocycles. The fraction of sp³-hybridized carbons (Fsp3) is 0.533. The van der Waals surface area contributed by atoms with Gasteiger partial charge < -0.3 is 14.5 Å². The van der Waals surface area contributed by atoms with Crippen molar-refractivity contribution in [2.45, 2.75) is 26.3 Å². The highest BCUT2D eigenvalue weighted by molar-refractivity contribution is 7.71. The zero-order valence-electron chi connectivity index (χ0n) is 11.9. The second-order valence-electron chi connectivity index (χ2n) is 6.29. The minimum Gasteiger partial charge on any atom is -0.331 e. The third-order valence-electron chi connectivity index (χ3n) is 4.47. The summed E-state index contributed by atoms with van der Waals surface area (Å²) < 4.78 is 3.02. The molecule has 1 aliphatic heterocycles. The topological polar surface area (TPSA) is 24.0 Å². The molecule has 2 aromatic rings. The number of H-pyrrole nitrogens is 1. The molecular weight excluding hydrogens is 290 g/mol. The molecule has 1 saturated heterocycles. The number of hydrogen-bond donors (Lipinski definition) is 1. The number of nitrogens with zero attached hydrogens (tertiary/aromatic N) is 2. The van der Waals surface area contributed by atoms with Gasteiger partial charge in [-0.2, -0.15) is 0 Å². The average Bonchev–Trinajstić information content (AvgIpc) is 2.69. The summed E-state index contributed by atoms with van der Waals surface area (Å²) in [4.78, 5) is 5.67. The summed E-state index contributed by atoms with van der Waals surface area (Å²) in [5.41, 5.74) is 2.50. The maximum atomic E-state index is 6.05. The monoisotopic (exact) mass is 309 g/mol. The van der Waals surface area contributed by atoms with Gasteiger partial charge in [0.25, 0.3) is 0 Å². The lowest BCUT2D eigenvalue weighted by Crippen LogP contribution is -2.38. The highest BCUT2D eigenvalue weighted by Crippen LogP contribution is 2.33. The molecule has 0 saturated carbocycles. The molecule has 0 amide bonds. The Bertz CT molecular complexity index is 680. The molecular formula is C15H20ClN3S. The van der Waals surface area contributed by atoms with Crippen molar-refractivity contribution in [2.24, 2.45) is 5.41 Å². The fourth-order valence-electron chi connectivity index (χ4n) is 2.99. The molecule has 0 aliphatic carbocycles. The van der Waals surface area contributed by atoms with Crippen LogP contribution in [0.3, 0.4) is 0 Å². The Kier molecular flexibility index (Phi) is 3.65. The van der Waals surface area contributed by atoms with Gasteiger partial charge in [-0.3, -0.25) is 0 Å². The van der Waals surface area contributed by atoms with Crippen LogP contribution in [-0.2, 0) is 6.54 Å². The number of imidazole rings is 1. The van der Waals surface area contributed by atoms with E-state index >= 15 is 0 Å². The van der Waals surface area contributed by atoms with Crippen molar-refractivity contribution in [1.82, 2.24) is 14.5 Å². The summed E-state index contributed by atoms with van der Waals surface area (Å²) in [5, 5.41) is 0.742. The van der Waals surface area contributed by atoms with E-state index in [1.165, 1.54) is 12.8 Å². The standard InChI is InChI=1S/C15H20ClN3S/c1-15(5-7-18(2)8-6-15)10-19-13-4-3-11(16)9-12(13)17-14(19)20/h3-4,9H,5-8,10H2,1-2H3,(H,17,20). The van der Waals surface area contributed by atoms with Crippen LogP contribution in [0.5, 0.6) is 0 Å². The molecule has 1 aliphatic rings. The van der Waals surface area contributed by atoms with Gasteiger partial charge in [0.2, 0.25) is 0 Å². The quantitative estimate of drug-likeness (QED) is 0.845. The first-order valence-electron chi connectivity index (χ1n) is 7.03. The van der Waals surface area contributed by atoms with Crippen LogP contribution in [0.1, 0.15) is 19.8 Å². The minimum absolute atomic E-state index is 0.319. The first-order chi connectivity index (χ1) is 9.47. The third-order valence-corrected chi connectivity index (χ3v) is 5.03. The van der Waals surface area contributed by atoms with E-state index in [2.05, 4.69) is 34.5 Å². The highest BCUT2D eigenvalue weighted by atomic mass is 35.5. The van der Waals surface area contributed by atoms with Gasteiger partial charge in [0.05, 0.1) is 11.0 Å². The number of rotatable bonds is 2. The largest absolute Gasteiger partial charge is 0.331 e. The van der Waals surface area contributed by atoms with Gasteiger partial charge in [0, 0.05) is 11.6 Å². The Balaban J connectivity index is 1.95. The first-order valence-corrected chi connectivity index (χ1v) is 7.82. The van der Waals surface area contributed by atoms with E-state index in [4.69, 9.17) is 23.8 Å². The highest BCUT2D eigenvalue weighted by Gasteiger charge is 2.29. The van der Waals surface area contributed by atoms with Gasteiger partial charge in [0.1, 0.15) is 0 Å². The molecule has 1 N–H and O–H groups in total. The van der Waals surface area contributed by atoms with Crippen LogP contribution in [0.2, 0.25) is 5.02 Å². The molecule has 3 rings (SSSR count). The lowest BCUT2D eigenvalue weighted by atomic mass is 9.80. The van der Waals surface area contributed by atoms with Crippen LogP contribution in [0.4, 0.5) is 0 Å². The van der Waals surface area contributed by atoms with Gasteiger partial charge in [0.15, 0.2) is 4.77 Å². The van der Waals surface area contributed by atoms with Crippen LogP contribution < -0.4 is 0 Å². The first kappa shape index (κ1) is 14.1. The van der Waals surface area contributed by atoms with Crippen molar-refractivity contribution >= 4 is 34.9 Å². The van der Waals surface area contributed by atoms with Crippen LogP contribution in [0.25, 0.3) is 11.0 Å². The number of aromatic nitrogens is 2. The molecule has 0 spiro atoms. The van der Waals surface area contributed by atoms with E-state index in [0.29, 0.717) is 5.41 Å². The van der Waals surface area contributed by atoms with Gasteiger partial charge in [-0.15, -0.1) is 0 Å². The van der Waals surface area contributed by atoms with E-state index in [9.17, 15) is 0 Å². The zero-order valence-corrected chi connectivity index (χ0v) is 13.5. The summed E-state index contributed by atoms with van der Waals surface area (Å²) in [5.74, 6) is 0. The SMILES string of the molecule is CN1CCC(C)(Cn2c(=S)[nH]c3cc(Cl)ccc32)CC1. The van der Waals surface area contributed by atoms with E-state index in [-0.39, 0.29) is 0 Å². The van der Waals surface area contributed by atoms with Crippen molar-refractivity contribution in [3.05, 3.63) is 28.0 Å². The van der Waals surface area contributed by atoms with E-state index in [1.54, 1.807) is 0 Å². The molecule has 0 unspecified atom stereocenters. The lowest BCUT2D eigenvalue weighted by molar-refractivity contribution is 0.121. The Morgan fingerprint density at radius 3 is 2.75 bits per heavy atom. The Morgan fingerprint density at radius 1 is 1.35 bits per heavy atom. The van der Waals surface area contributed by atoms with Crippen LogP contribution >= 0.6 is 23.8 Å². The molecule has 0 bridgehead atoms. The average molecular weight is 310 g/mol. The number of nitrogens with one attached hydrogen (secondary N) is 1. The fourth-order valence-corrected chi connectivity index (χ4v) is 3.44. The van der Waals surface area contributed by atoms with Crippen molar-refractivity contribution in [2.75, 3.05) is 20.1 Å². The summed E-state index contributed by atoms with van der Waals surface area (Å²) in [7, 11) is 2.19. The normalized spacial score (nSPS) is 19.6. The summed E-state index contributed by atoms with van der Waals surface area (Å²) in [6.45, 7) is 5.67. The van der Waals surface area contributed by atoms with Gasteiger partial charge in [-0.25, -0.2) is 0 Å². The number of halogens is 1. The van der Waals surface area contributed by atoms with Gasteiger partial charge in [-0.05, 0) is 68.8 Å². The molecule has 108 valence electrons. The third kappa shape index (κ3) is 2.65. The Labute approximate surface area is 129 Å². The maximum absolute atomic E-state index is 6.05. The second-order valence-corrected chi connectivity index (χ2v) is 7.11. The predicted molar refractivity (Wildman–Crippen MR) is 87.0 cm³/mol. The molecule has 20 heavy (non-hydrogen) atoms. The smallest absolute Gasteiger partial charge is 0.178 e. The van der Waals surface area contributed by atoms with E-state index in [1.807, 2.05) is 12.1 Å². The number of fused-ring (bicyclic) bond motifs is 1. The minimum atomic E-state index is 0.319. The van der Waals surface area contributed by atoms with Crippen molar-refractivity contribution in [3.63, 3.8) is 0 Å². The van der Waals surface area contributed by atoms with Crippen LogP contribution in [0.15, 0.2) is 18.2 Å². The Morgan fingerprint density at radius 2 is 2.05 bits per heavy atom. The second kappa shape index (κ2) is 5.17. The number of likely N-dealkylation sites (tertiary alicyclic amines) is 1. The lowest BCUT2D eigenvalue weighted by Gasteiger charge is -2.38. The van der Waals surface area contributed by atoms with Crippen molar-refractivity contribution in [1.29, 1.82) is 0 Å². The van der Waals surface area contributed by atoms with Gasteiger partial charge in [-0.1, -0.05) is 18.5 Å². The van der Waals surface area contributed by atoms with Crippen LogP contribution in [-0.4, -0.2) is 34.6 Å². The van der Waals surface area contributed by atoms with Crippen LogP contribution in [0, 0.1) is 10.2 Å². The Hall–Kier alpha value is -0.840. The molecule has 3 nitrogen and oxygen atoms in total. The summed E-state index contributed by atoms with van der Waals surface area (Å²) in [6.07, 6.45) is 2.43. The van der Waals surface area contributed by atoms with Crippen molar-refractivity contribution < 1.29 is 0 Å². The molecule has 5 heteroatoms. The predicted octanol–water partition coefficient (Wildman–Crippen LogP) is 4.08. The maximum Gasteiger partial charge on any atom is 0.178 e. The molecule has 1 fully saturated rings. The number of hydrogen-bond acceptors (Lipinski definition) is 2. The molecule has 0 atom stereocenters. The van der Waals surface area contributed by atoms with Gasteiger partial charge >= 0.3 is 0 Å². The summed E-state index contributed by atoms with van der Waals surface area (Å²) >= 11 is 11.5. The number of piperidine rings is 1.